The van der Waals surface area contributed by atoms with Gasteiger partial charge in [0.25, 0.3) is 0 Å². The van der Waals surface area contributed by atoms with Crippen LogP contribution in [0, 0.1) is 0 Å². The van der Waals surface area contributed by atoms with Gasteiger partial charge in [-0.15, -0.1) is 0 Å². The highest BCUT2D eigenvalue weighted by Crippen LogP contribution is 2.40. The van der Waals surface area contributed by atoms with E-state index >= 15 is 0 Å². The number of para-hydroxylation sites is 1. The zero-order chi connectivity index (χ0) is 17.5. The first-order chi connectivity index (χ1) is 11.3. The third kappa shape index (κ3) is 2.91. The molecule has 2 heterocycles. The van der Waals surface area contributed by atoms with Gasteiger partial charge in [0.2, 0.25) is 11.7 Å². The maximum Gasteiger partial charge on any atom is 0.223 e. The first-order valence-electron chi connectivity index (χ1n) is 8.23. The van der Waals surface area contributed by atoms with Gasteiger partial charge in [-0.25, -0.2) is 0 Å². The second-order valence-electron chi connectivity index (χ2n) is 7.17. The first kappa shape index (κ1) is 16.6. The Balaban J connectivity index is 2.20. The largest absolute Gasteiger partial charge is 0.352 e. The summed E-state index contributed by atoms with van der Waals surface area (Å²) in [5, 5.41) is 1.14. The summed E-state index contributed by atoms with van der Waals surface area (Å²) in [6.07, 6.45) is 1.65. The van der Waals surface area contributed by atoms with E-state index in [1.807, 2.05) is 32.0 Å². The lowest BCUT2D eigenvalue weighted by molar-refractivity contribution is -0.261. The molecule has 0 radical (unpaired) electrons. The fourth-order valence-electron chi connectivity index (χ4n) is 3.20. The summed E-state index contributed by atoms with van der Waals surface area (Å²) in [6, 6.07) is 8.16. The van der Waals surface area contributed by atoms with Gasteiger partial charge < -0.3 is 14.8 Å². The standard InChI is InChI=1S/C19H24N2O3/c1-12(2)23-24-16-10-21(13(3)22)11-19(4,5)17-14-8-6-7-9-15(14)20-18(16)17/h6-10,12,20H,11H2,1-5H3. The molecule has 0 spiro atoms. The van der Waals surface area contributed by atoms with Crippen molar-refractivity contribution in [3.05, 3.63) is 41.7 Å². The molecule has 0 aliphatic carbocycles. The summed E-state index contributed by atoms with van der Waals surface area (Å²) in [4.78, 5) is 28.1. The molecule has 0 saturated carbocycles. The Morgan fingerprint density at radius 1 is 1.29 bits per heavy atom. The van der Waals surface area contributed by atoms with Crippen molar-refractivity contribution in [1.82, 2.24) is 9.88 Å². The van der Waals surface area contributed by atoms with Crippen molar-refractivity contribution in [1.29, 1.82) is 0 Å². The molecule has 5 nitrogen and oxygen atoms in total. The molecule has 0 saturated heterocycles. The number of amides is 1. The number of nitrogens with zero attached hydrogens (tertiary/aromatic N) is 1. The number of fused-ring (bicyclic) bond motifs is 3. The van der Waals surface area contributed by atoms with E-state index in [4.69, 9.17) is 9.78 Å². The average molecular weight is 328 g/mol. The van der Waals surface area contributed by atoms with Crippen LogP contribution >= 0.6 is 0 Å². The highest BCUT2D eigenvalue weighted by atomic mass is 17.2. The summed E-state index contributed by atoms with van der Waals surface area (Å²) in [5.74, 6) is 0.499. The smallest absolute Gasteiger partial charge is 0.223 e. The van der Waals surface area contributed by atoms with Crippen molar-refractivity contribution >= 4 is 22.6 Å². The van der Waals surface area contributed by atoms with Gasteiger partial charge in [0.1, 0.15) is 0 Å². The molecule has 2 aromatic rings. The van der Waals surface area contributed by atoms with Crippen molar-refractivity contribution in [2.45, 2.75) is 46.1 Å². The number of nitrogens with one attached hydrogen (secondary N) is 1. The van der Waals surface area contributed by atoms with Crippen LogP contribution in [0.5, 0.6) is 0 Å². The Morgan fingerprint density at radius 2 is 2.00 bits per heavy atom. The lowest BCUT2D eigenvalue weighted by Crippen LogP contribution is -2.35. The third-order valence-corrected chi connectivity index (χ3v) is 4.20. The molecule has 1 amide bonds. The van der Waals surface area contributed by atoms with Crippen molar-refractivity contribution in [3.63, 3.8) is 0 Å². The SMILES string of the molecule is CC(=O)N1C=C(OOC(C)C)c2[nH]c3ccccc3c2C(C)(C)C1. The van der Waals surface area contributed by atoms with Gasteiger partial charge in [0.05, 0.1) is 18.0 Å². The van der Waals surface area contributed by atoms with Gasteiger partial charge in [-0.3, -0.25) is 4.79 Å². The lowest BCUT2D eigenvalue weighted by Gasteiger charge is -2.28. The Hall–Kier alpha value is -2.27. The molecule has 0 bridgehead atoms. The molecule has 1 aliphatic rings. The summed E-state index contributed by atoms with van der Waals surface area (Å²) < 4.78 is 0. The Labute approximate surface area is 142 Å². The lowest BCUT2D eigenvalue weighted by atomic mass is 9.82. The van der Waals surface area contributed by atoms with Crippen molar-refractivity contribution in [2.75, 3.05) is 6.54 Å². The minimum Gasteiger partial charge on any atom is -0.352 e. The van der Waals surface area contributed by atoms with Crippen LogP contribution in [0.1, 0.15) is 45.9 Å². The van der Waals surface area contributed by atoms with E-state index in [9.17, 15) is 4.79 Å². The molecule has 0 fully saturated rings. The van der Waals surface area contributed by atoms with Crippen LogP contribution in [0.3, 0.4) is 0 Å². The molecular weight excluding hydrogens is 304 g/mol. The zero-order valence-electron chi connectivity index (χ0n) is 14.8. The second kappa shape index (κ2) is 5.98. The summed E-state index contributed by atoms with van der Waals surface area (Å²) in [6.45, 7) is 10.2. The third-order valence-electron chi connectivity index (χ3n) is 4.20. The van der Waals surface area contributed by atoms with E-state index < -0.39 is 0 Å². The van der Waals surface area contributed by atoms with Crippen molar-refractivity contribution < 1.29 is 14.6 Å². The number of hydrogen-bond donors (Lipinski definition) is 1. The second-order valence-corrected chi connectivity index (χ2v) is 7.17. The maximum absolute atomic E-state index is 12.0. The predicted octanol–water partition coefficient (Wildman–Crippen LogP) is 3.96. The number of benzene rings is 1. The van der Waals surface area contributed by atoms with E-state index in [0.29, 0.717) is 12.3 Å². The van der Waals surface area contributed by atoms with Gasteiger partial charge in [-0.2, -0.15) is 4.89 Å². The fraction of sp³-hybridized carbons (Fsp3) is 0.421. The highest BCUT2D eigenvalue weighted by molar-refractivity contribution is 5.90. The number of hydrogen-bond acceptors (Lipinski definition) is 3. The highest BCUT2D eigenvalue weighted by Gasteiger charge is 2.35. The number of H-pyrrole nitrogens is 1. The monoisotopic (exact) mass is 328 g/mol. The van der Waals surface area contributed by atoms with Crippen LogP contribution in [-0.4, -0.2) is 28.4 Å². The number of carbonyl (C=O) groups is 1. The normalized spacial score (nSPS) is 16.8. The van der Waals surface area contributed by atoms with Crippen LogP contribution in [0.4, 0.5) is 0 Å². The predicted molar refractivity (Wildman–Crippen MR) is 94.0 cm³/mol. The average Bonchev–Trinajstić information content (AvgIpc) is 2.84. The quantitative estimate of drug-likeness (QED) is 0.685. The van der Waals surface area contributed by atoms with Gasteiger partial charge >= 0.3 is 0 Å². The zero-order valence-corrected chi connectivity index (χ0v) is 14.8. The van der Waals surface area contributed by atoms with Crippen LogP contribution in [-0.2, 0) is 20.0 Å². The van der Waals surface area contributed by atoms with Gasteiger partial charge in [0.15, 0.2) is 0 Å². The Bertz CT molecular complexity index is 802. The molecule has 128 valence electrons. The van der Waals surface area contributed by atoms with Crippen LogP contribution < -0.4 is 0 Å². The fourth-order valence-corrected chi connectivity index (χ4v) is 3.20. The van der Waals surface area contributed by atoms with Crippen LogP contribution in [0.25, 0.3) is 16.7 Å². The Kier molecular flexibility index (Phi) is 4.13. The topological polar surface area (TPSA) is 54.6 Å². The van der Waals surface area contributed by atoms with E-state index in [2.05, 4.69) is 24.9 Å². The molecule has 0 unspecified atom stereocenters. The number of rotatable bonds is 3. The molecule has 3 rings (SSSR count). The van der Waals surface area contributed by atoms with E-state index in [0.717, 1.165) is 22.2 Å². The van der Waals surface area contributed by atoms with Gasteiger partial charge in [-0.05, 0) is 25.5 Å². The molecule has 0 atom stereocenters. The Morgan fingerprint density at radius 3 is 2.67 bits per heavy atom. The van der Waals surface area contributed by atoms with Crippen molar-refractivity contribution in [3.8, 4) is 0 Å². The first-order valence-corrected chi connectivity index (χ1v) is 8.23. The minimum absolute atomic E-state index is 0.0248. The molecule has 24 heavy (non-hydrogen) atoms. The molecule has 1 aromatic heterocycles. The van der Waals surface area contributed by atoms with Gasteiger partial charge in [0, 0.05) is 29.8 Å². The molecular formula is C19H24N2O3. The van der Waals surface area contributed by atoms with E-state index in [-0.39, 0.29) is 17.4 Å². The van der Waals surface area contributed by atoms with Crippen LogP contribution in [0.15, 0.2) is 30.5 Å². The van der Waals surface area contributed by atoms with E-state index in [1.54, 1.807) is 18.0 Å². The molecule has 1 aliphatic heterocycles. The maximum atomic E-state index is 12.0. The molecule has 5 heteroatoms. The number of aromatic nitrogens is 1. The van der Waals surface area contributed by atoms with E-state index in [1.165, 1.54) is 0 Å². The summed E-state index contributed by atoms with van der Waals surface area (Å²) in [5.41, 5.74) is 2.82. The summed E-state index contributed by atoms with van der Waals surface area (Å²) in [7, 11) is 0. The van der Waals surface area contributed by atoms with Gasteiger partial charge in [-0.1, -0.05) is 32.0 Å². The number of carbonyl (C=O) groups excluding carboxylic acids is 1. The minimum atomic E-state index is -0.236. The van der Waals surface area contributed by atoms with Crippen LogP contribution in [0.2, 0.25) is 0 Å². The number of aromatic amines is 1. The molecule has 1 aromatic carbocycles. The summed E-state index contributed by atoms with van der Waals surface area (Å²) >= 11 is 0. The molecule has 1 N–H and O–H groups in total. The van der Waals surface area contributed by atoms with Crippen molar-refractivity contribution in [2.24, 2.45) is 0 Å².